The van der Waals surface area contributed by atoms with E-state index in [1.54, 1.807) is 11.6 Å². The molecule has 7 heteroatoms. The maximum atomic E-state index is 12.4. The zero-order valence-corrected chi connectivity index (χ0v) is 16.4. The normalized spacial score (nSPS) is 17.7. The van der Waals surface area contributed by atoms with Crippen LogP contribution in [0.4, 0.5) is 0 Å². The molecular formula is C20H19N5OS. The Hall–Kier alpha value is -2.93. The minimum absolute atomic E-state index is 0.0581. The van der Waals surface area contributed by atoms with E-state index >= 15 is 0 Å². The van der Waals surface area contributed by atoms with Gasteiger partial charge in [0.1, 0.15) is 0 Å². The van der Waals surface area contributed by atoms with Gasteiger partial charge in [-0.15, -0.1) is 0 Å². The van der Waals surface area contributed by atoms with E-state index in [4.69, 9.17) is 5.41 Å². The summed E-state index contributed by atoms with van der Waals surface area (Å²) in [5.41, 5.74) is 8.32. The van der Waals surface area contributed by atoms with Crippen molar-refractivity contribution in [1.29, 1.82) is 5.41 Å². The number of amides is 1. The molecule has 0 saturated heterocycles. The van der Waals surface area contributed by atoms with Gasteiger partial charge in [-0.05, 0) is 74.4 Å². The predicted molar refractivity (Wildman–Crippen MR) is 111 cm³/mol. The highest BCUT2D eigenvalue weighted by Gasteiger charge is 2.32. The zero-order chi connectivity index (χ0) is 19.3. The number of hydrogen-bond acceptors (Lipinski definition) is 4. The summed E-state index contributed by atoms with van der Waals surface area (Å²) in [5, 5.41) is 14.3. The van der Waals surface area contributed by atoms with Crippen LogP contribution in [0.3, 0.4) is 0 Å². The number of carbonyl (C=O) groups is 1. The van der Waals surface area contributed by atoms with Gasteiger partial charge >= 0.3 is 0 Å². The van der Waals surface area contributed by atoms with Crippen molar-refractivity contribution in [2.24, 2.45) is 10.1 Å². The molecule has 0 unspecified atom stereocenters. The summed E-state index contributed by atoms with van der Waals surface area (Å²) in [6.07, 6.45) is 1.74. The van der Waals surface area contributed by atoms with Crippen molar-refractivity contribution in [3.63, 3.8) is 0 Å². The first-order valence-corrected chi connectivity index (χ1v) is 9.44. The van der Waals surface area contributed by atoms with Crippen molar-refractivity contribution < 1.29 is 4.79 Å². The third-order valence-corrected chi connectivity index (χ3v) is 5.45. The fourth-order valence-corrected chi connectivity index (χ4v) is 3.97. The van der Waals surface area contributed by atoms with E-state index in [9.17, 15) is 4.79 Å². The van der Waals surface area contributed by atoms with Crippen LogP contribution >= 0.6 is 11.8 Å². The Labute approximate surface area is 161 Å². The number of fused-ring (bicyclic) bond motifs is 1. The summed E-state index contributed by atoms with van der Waals surface area (Å²) < 4.78 is 2.18. The summed E-state index contributed by atoms with van der Waals surface area (Å²) in [6.45, 7) is 8.23. The monoisotopic (exact) mass is 377 g/mol. The molecule has 0 spiro atoms. The average Bonchev–Trinajstić information content (AvgIpc) is 3.19. The molecule has 0 saturated carbocycles. The lowest BCUT2D eigenvalue weighted by molar-refractivity contribution is -0.114. The maximum Gasteiger partial charge on any atom is 0.283 e. The second kappa shape index (κ2) is 6.35. The van der Waals surface area contributed by atoms with Gasteiger partial charge < -0.3 is 4.57 Å². The molecule has 0 fully saturated rings. The lowest BCUT2D eigenvalue weighted by Gasteiger charge is -2.20. The van der Waals surface area contributed by atoms with Gasteiger partial charge in [0.2, 0.25) is 0 Å². The minimum atomic E-state index is -0.402. The van der Waals surface area contributed by atoms with Gasteiger partial charge in [0.15, 0.2) is 11.0 Å². The van der Waals surface area contributed by atoms with E-state index in [2.05, 4.69) is 46.7 Å². The molecular weight excluding hydrogens is 358 g/mol. The molecule has 2 aliphatic heterocycles. The first-order chi connectivity index (χ1) is 12.9. The van der Waals surface area contributed by atoms with E-state index in [0.717, 1.165) is 22.6 Å². The molecule has 1 amide bonds. The number of hydrazone groups is 1. The van der Waals surface area contributed by atoms with Crippen molar-refractivity contribution in [2.75, 3.05) is 0 Å². The smallest absolute Gasteiger partial charge is 0.283 e. The molecule has 27 heavy (non-hydrogen) atoms. The van der Waals surface area contributed by atoms with Crippen LogP contribution in [-0.4, -0.2) is 32.0 Å². The lowest BCUT2D eigenvalue weighted by atomic mass is 10.1. The Bertz CT molecular complexity index is 1090. The van der Waals surface area contributed by atoms with E-state index in [-0.39, 0.29) is 11.4 Å². The summed E-state index contributed by atoms with van der Waals surface area (Å²) >= 11 is 1.24. The zero-order valence-electron chi connectivity index (χ0n) is 15.6. The minimum Gasteiger partial charge on any atom is -0.318 e. The van der Waals surface area contributed by atoms with E-state index in [1.165, 1.54) is 27.9 Å². The Balaban J connectivity index is 1.82. The molecule has 136 valence electrons. The predicted octanol–water partition coefficient (Wildman–Crippen LogP) is 3.96. The van der Waals surface area contributed by atoms with Gasteiger partial charge in [0.25, 0.3) is 5.91 Å². The Morgan fingerprint density at radius 3 is 2.70 bits per heavy atom. The van der Waals surface area contributed by atoms with Gasteiger partial charge in [-0.1, -0.05) is 12.1 Å². The van der Waals surface area contributed by atoms with Crippen LogP contribution in [0.15, 0.2) is 39.9 Å². The molecule has 3 heterocycles. The number of rotatable bonds is 2. The van der Waals surface area contributed by atoms with Crippen LogP contribution in [0.25, 0.3) is 11.8 Å². The van der Waals surface area contributed by atoms with Gasteiger partial charge in [0.05, 0.1) is 11.1 Å². The highest BCUT2D eigenvalue weighted by Crippen LogP contribution is 2.28. The fraction of sp³-hybridized carbons (Fsp3) is 0.200. The van der Waals surface area contributed by atoms with Crippen LogP contribution in [0, 0.1) is 33.1 Å². The largest absolute Gasteiger partial charge is 0.318 e. The molecule has 1 aromatic carbocycles. The maximum absolute atomic E-state index is 12.4. The van der Waals surface area contributed by atoms with Gasteiger partial charge in [-0.2, -0.15) is 15.1 Å². The summed E-state index contributed by atoms with van der Waals surface area (Å²) in [4.78, 5) is 16.5. The van der Waals surface area contributed by atoms with Crippen molar-refractivity contribution in [1.82, 2.24) is 9.58 Å². The SMILES string of the molecule is Cc1ccc(C)c(-n2c(C)cc(C=C3C(=N)N4N=CSC4=NC3=O)c2C)c1. The van der Waals surface area contributed by atoms with Gasteiger partial charge in [-0.3, -0.25) is 10.2 Å². The van der Waals surface area contributed by atoms with Crippen LogP contribution in [0.5, 0.6) is 0 Å². The molecule has 0 atom stereocenters. The van der Waals surface area contributed by atoms with Crippen LogP contribution in [-0.2, 0) is 4.79 Å². The Morgan fingerprint density at radius 1 is 1.15 bits per heavy atom. The molecule has 4 rings (SSSR count). The second-order valence-corrected chi connectivity index (χ2v) is 7.52. The first kappa shape index (κ1) is 17.5. The Morgan fingerprint density at radius 2 is 1.93 bits per heavy atom. The number of benzene rings is 1. The summed E-state index contributed by atoms with van der Waals surface area (Å²) in [5.74, 6) is -0.344. The van der Waals surface area contributed by atoms with Crippen LogP contribution in [0.1, 0.15) is 28.1 Å². The molecule has 0 radical (unpaired) electrons. The lowest BCUT2D eigenvalue weighted by Crippen LogP contribution is -2.35. The second-order valence-electron chi connectivity index (χ2n) is 6.71. The first-order valence-electron chi connectivity index (χ1n) is 8.56. The van der Waals surface area contributed by atoms with Gasteiger partial charge in [0, 0.05) is 17.1 Å². The molecule has 0 bridgehead atoms. The van der Waals surface area contributed by atoms with E-state index in [1.807, 2.05) is 19.9 Å². The number of nitrogens with zero attached hydrogens (tertiary/aromatic N) is 4. The number of carbonyl (C=O) groups excluding carboxylic acids is 1. The number of aryl methyl sites for hydroxylation is 3. The van der Waals surface area contributed by atoms with Crippen molar-refractivity contribution in [3.8, 4) is 5.69 Å². The van der Waals surface area contributed by atoms with Crippen molar-refractivity contribution in [2.45, 2.75) is 27.7 Å². The third-order valence-electron chi connectivity index (χ3n) is 4.77. The fourth-order valence-electron chi connectivity index (χ4n) is 3.36. The Kier molecular flexibility index (Phi) is 4.11. The van der Waals surface area contributed by atoms with Crippen LogP contribution in [0.2, 0.25) is 0 Å². The summed E-state index contributed by atoms with van der Waals surface area (Å²) in [6, 6.07) is 8.40. The topological polar surface area (TPSA) is 73.8 Å². The molecule has 1 N–H and O–H groups in total. The third kappa shape index (κ3) is 2.84. The van der Waals surface area contributed by atoms with Gasteiger partial charge in [-0.25, -0.2) is 0 Å². The molecule has 0 aliphatic carbocycles. The molecule has 2 aliphatic rings. The highest BCUT2D eigenvalue weighted by atomic mass is 32.2. The molecule has 2 aromatic rings. The number of nitrogens with one attached hydrogen (secondary N) is 1. The average molecular weight is 377 g/mol. The van der Waals surface area contributed by atoms with Crippen LogP contribution < -0.4 is 0 Å². The van der Waals surface area contributed by atoms with Crippen molar-refractivity contribution in [3.05, 3.63) is 57.9 Å². The number of aliphatic imine (C=N–C) groups is 1. The molecule has 1 aromatic heterocycles. The summed E-state index contributed by atoms with van der Waals surface area (Å²) in [7, 11) is 0. The highest BCUT2D eigenvalue weighted by molar-refractivity contribution is 8.25. The number of thioether (sulfide) groups is 1. The quantitative estimate of drug-likeness (QED) is 0.805. The number of hydrogen-bond donors (Lipinski definition) is 1. The van der Waals surface area contributed by atoms with Crippen molar-refractivity contribution >= 4 is 40.3 Å². The number of amidine groups is 2. The molecule has 6 nitrogen and oxygen atoms in total. The van der Waals surface area contributed by atoms with E-state index in [0.29, 0.717) is 5.17 Å². The number of aromatic nitrogens is 1. The standard InChI is InChI=1S/C20H19N5OS/c1-11-5-6-12(2)17(7-11)24-13(3)8-15(14(24)4)9-16-18(21)25-20(23-19(16)26)27-10-22-25/h5-10,21H,1-4H3. The van der Waals surface area contributed by atoms with E-state index < -0.39 is 5.91 Å².